The van der Waals surface area contributed by atoms with Crippen LogP contribution in [0.5, 0.6) is 0 Å². The number of amides is 3. The van der Waals surface area contributed by atoms with Gasteiger partial charge < -0.3 is 24.0 Å². The molecular formula is C34H63N5O4. The van der Waals surface area contributed by atoms with Crippen molar-refractivity contribution in [1.29, 1.82) is 0 Å². The molecule has 3 amide bonds. The number of aromatic nitrogens is 2. The molecular weight excluding hydrogens is 542 g/mol. The lowest BCUT2D eigenvalue weighted by molar-refractivity contribution is -0.139. The fourth-order valence-corrected chi connectivity index (χ4v) is 5.06. The summed E-state index contributed by atoms with van der Waals surface area (Å²) in [7, 11) is 0. The predicted octanol–water partition coefficient (Wildman–Crippen LogP) is 6.34. The van der Waals surface area contributed by atoms with Gasteiger partial charge in [-0.1, -0.05) is 41.0 Å². The van der Waals surface area contributed by atoms with Gasteiger partial charge in [-0.05, 0) is 65.7 Å². The smallest absolute Gasteiger partial charge is 0.225 e. The molecule has 9 heteroatoms. The van der Waals surface area contributed by atoms with Gasteiger partial charge in [0.1, 0.15) is 0 Å². The number of ether oxygens (including phenoxy) is 1. The highest BCUT2D eigenvalue weighted by molar-refractivity contribution is 5.79. The molecule has 0 bridgehead atoms. The molecule has 1 aromatic heterocycles. The normalized spacial score (nSPS) is 19.9. The SMILES string of the molecule is CCC(C)C(=O)N1CCOCC1.CCC(C)N1CCCC1=O.CCC(C)N1CCCCCC1=O.CCC(C)n1ccnc1. The zero-order valence-corrected chi connectivity index (χ0v) is 28.7. The minimum atomic E-state index is 0.170. The van der Waals surface area contributed by atoms with E-state index in [1.807, 2.05) is 47.3 Å². The van der Waals surface area contributed by atoms with Crippen molar-refractivity contribution in [1.82, 2.24) is 24.3 Å². The molecule has 4 heterocycles. The maximum atomic E-state index is 11.6. The van der Waals surface area contributed by atoms with Crippen LogP contribution in [0.15, 0.2) is 18.7 Å². The van der Waals surface area contributed by atoms with Crippen LogP contribution in [-0.4, -0.2) is 93.4 Å². The molecule has 3 aliphatic heterocycles. The summed E-state index contributed by atoms with van der Waals surface area (Å²) in [5.41, 5.74) is 0. The van der Waals surface area contributed by atoms with E-state index in [-0.39, 0.29) is 11.8 Å². The Bertz CT molecular complexity index is 887. The third-order valence-electron chi connectivity index (χ3n) is 8.95. The molecule has 0 spiro atoms. The summed E-state index contributed by atoms with van der Waals surface area (Å²) in [5.74, 6) is 1.15. The monoisotopic (exact) mass is 605 g/mol. The topological polar surface area (TPSA) is 88.0 Å². The quantitative estimate of drug-likeness (QED) is 0.345. The second kappa shape index (κ2) is 22.1. The third-order valence-corrected chi connectivity index (χ3v) is 8.95. The van der Waals surface area contributed by atoms with Crippen molar-refractivity contribution in [3.8, 4) is 0 Å². The molecule has 43 heavy (non-hydrogen) atoms. The number of rotatable bonds is 8. The Balaban J connectivity index is 0.000000289. The van der Waals surface area contributed by atoms with Gasteiger partial charge in [-0.15, -0.1) is 0 Å². The Kier molecular flexibility index (Phi) is 19.9. The molecule has 0 radical (unpaired) electrons. The van der Waals surface area contributed by atoms with Gasteiger partial charge in [-0.2, -0.15) is 0 Å². The first kappa shape index (κ1) is 38.6. The van der Waals surface area contributed by atoms with Crippen molar-refractivity contribution in [2.75, 3.05) is 39.4 Å². The van der Waals surface area contributed by atoms with Crippen LogP contribution in [0, 0.1) is 5.92 Å². The molecule has 4 rings (SSSR count). The van der Waals surface area contributed by atoms with Gasteiger partial charge in [0.25, 0.3) is 0 Å². The van der Waals surface area contributed by atoms with E-state index < -0.39 is 0 Å². The zero-order valence-electron chi connectivity index (χ0n) is 28.7. The summed E-state index contributed by atoms with van der Waals surface area (Å²) in [4.78, 5) is 44.1. The molecule has 0 aromatic carbocycles. The van der Waals surface area contributed by atoms with E-state index in [0.29, 0.717) is 43.2 Å². The maximum Gasteiger partial charge on any atom is 0.225 e. The second-order valence-corrected chi connectivity index (χ2v) is 12.1. The Morgan fingerprint density at radius 1 is 0.744 bits per heavy atom. The zero-order chi connectivity index (χ0) is 32.2. The van der Waals surface area contributed by atoms with E-state index in [0.717, 1.165) is 77.5 Å². The minimum absolute atomic E-state index is 0.170. The van der Waals surface area contributed by atoms with E-state index in [1.54, 1.807) is 0 Å². The Labute approximate surface area is 262 Å². The Morgan fingerprint density at radius 3 is 1.74 bits per heavy atom. The molecule has 3 saturated heterocycles. The molecule has 1 aromatic rings. The lowest BCUT2D eigenvalue weighted by atomic mass is 10.1. The van der Waals surface area contributed by atoms with Crippen LogP contribution in [0.1, 0.15) is 126 Å². The fraction of sp³-hybridized carbons (Fsp3) is 0.824. The van der Waals surface area contributed by atoms with Crippen molar-refractivity contribution in [3.63, 3.8) is 0 Å². The number of carbonyl (C=O) groups excluding carboxylic acids is 3. The van der Waals surface area contributed by atoms with E-state index in [2.05, 4.69) is 51.1 Å². The van der Waals surface area contributed by atoms with Crippen LogP contribution in [0.2, 0.25) is 0 Å². The summed E-state index contributed by atoms with van der Waals surface area (Å²) >= 11 is 0. The lowest BCUT2D eigenvalue weighted by Gasteiger charge is -2.28. The first-order valence-corrected chi connectivity index (χ1v) is 17.0. The number of nitrogens with zero attached hydrogens (tertiary/aromatic N) is 5. The number of imidazole rings is 1. The number of morpholine rings is 1. The highest BCUT2D eigenvalue weighted by atomic mass is 16.5. The Hall–Kier alpha value is -2.42. The third kappa shape index (κ3) is 14.3. The number of carbonyl (C=O) groups is 3. The van der Waals surface area contributed by atoms with E-state index in [1.165, 1.54) is 12.8 Å². The molecule has 9 nitrogen and oxygen atoms in total. The summed E-state index contributed by atoms with van der Waals surface area (Å²) in [6.07, 6.45) is 16.0. The fourth-order valence-electron chi connectivity index (χ4n) is 5.06. The maximum absolute atomic E-state index is 11.6. The van der Waals surface area contributed by atoms with E-state index >= 15 is 0 Å². The highest BCUT2D eigenvalue weighted by Crippen LogP contribution is 2.16. The second-order valence-electron chi connectivity index (χ2n) is 12.1. The van der Waals surface area contributed by atoms with E-state index in [9.17, 15) is 14.4 Å². The first-order valence-electron chi connectivity index (χ1n) is 17.0. The molecule has 4 unspecified atom stereocenters. The highest BCUT2D eigenvalue weighted by Gasteiger charge is 2.23. The van der Waals surface area contributed by atoms with Gasteiger partial charge in [-0.25, -0.2) is 4.98 Å². The first-order chi connectivity index (χ1) is 20.6. The van der Waals surface area contributed by atoms with Crippen LogP contribution in [0.4, 0.5) is 0 Å². The van der Waals surface area contributed by atoms with Crippen molar-refractivity contribution in [2.45, 2.75) is 138 Å². The lowest BCUT2D eigenvalue weighted by Crippen LogP contribution is -2.43. The summed E-state index contributed by atoms with van der Waals surface area (Å²) < 4.78 is 7.28. The number of hydrogen-bond acceptors (Lipinski definition) is 5. The van der Waals surface area contributed by atoms with Gasteiger partial charge in [-0.3, -0.25) is 14.4 Å². The molecule has 248 valence electrons. The minimum Gasteiger partial charge on any atom is -0.378 e. The van der Waals surface area contributed by atoms with Gasteiger partial charge in [0.2, 0.25) is 17.7 Å². The molecule has 0 aliphatic carbocycles. The van der Waals surface area contributed by atoms with Crippen LogP contribution < -0.4 is 0 Å². The summed E-state index contributed by atoms with van der Waals surface area (Å²) in [6.45, 7) is 21.8. The van der Waals surface area contributed by atoms with Crippen molar-refractivity contribution in [2.24, 2.45) is 5.92 Å². The van der Waals surface area contributed by atoms with Gasteiger partial charge in [0, 0.05) is 75.5 Å². The van der Waals surface area contributed by atoms with Crippen LogP contribution in [0.3, 0.4) is 0 Å². The standard InChI is InChI=1S/C10H19NO.C9H17NO2.C8H15NO.C7H12N2/c1-3-9(2)11-8-6-4-5-7-10(11)12;1-3-8(2)9(11)10-4-6-12-7-5-10;1-3-7(2)9-6-4-5-8(9)10;1-3-7(2)9-5-4-8-6-9/h9H,3-8H2,1-2H3;8H,3-7H2,1-2H3;7H,3-6H2,1-2H3;4-7H,3H2,1-2H3. The van der Waals surface area contributed by atoms with Crippen LogP contribution >= 0.6 is 0 Å². The van der Waals surface area contributed by atoms with Gasteiger partial charge in [0.05, 0.1) is 19.5 Å². The van der Waals surface area contributed by atoms with Crippen molar-refractivity contribution in [3.05, 3.63) is 18.7 Å². The largest absolute Gasteiger partial charge is 0.378 e. The van der Waals surface area contributed by atoms with Crippen LogP contribution in [-0.2, 0) is 19.1 Å². The molecule has 4 atom stereocenters. The van der Waals surface area contributed by atoms with Gasteiger partial charge in [0.15, 0.2) is 0 Å². The summed E-state index contributed by atoms with van der Waals surface area (Å²) in [5, 5.41) is 0. The Morgan fingerprint density at radius 2 is 1.28 bits per heavy atom. The van der Waals surface area contributed by atoms with Crippen molar-refractivity contribution >= 4 is 17.7 Å². The van der Waals surface area contributed by atoms with Gasteiger partial charge >= 0.3 is 0 Å². The van der Waals surface area contributed by atoms with E-state index in [4.69, 9.17) is 4.74 Å². The predicted molar refractivity (Wildman–Crippen MR) is 175 cm³/mol. The average molecular weight is 606 g/mol. The molecule has 0 saturated carbocycles. The number of likely N-dealkylation sites (tertiary alicyclic amines) is 2. The van der Waals surface area contributed by atoms with Crippen LogP contribution in [0.25, 0.3) is 0 Å². The molecule has 0 N–H and O–H groups in total. The summed E-state index contributed by atoms with van der Waals surface area (Å²) in [6, 6.07) is 1.48. The molecule has 3 fully saturated rings. The van der Waals surface area contributed by atoms with Crippen molar-refractivity contribution < 1.29 is 19.1 Å². The average Bonchev–Trinajstić information content (AvgIpc) is 3.69. The number of hydrogen-bond donors (Lipinski definition) is 0. The molecule has 3 aliphatic rings.